The summed E-state index contributed by atoms with van der Waals surface area (Å²) < 4.78 is 53.8. The highest BCUT2D eigenvalue weighted by Gasteiger charge is 2.30. The Hall–Kier alpha value is 0.01000. The highest BCUT2D eigenvalue weighted by atomic mass is 32.3. The average molecular weight is 235 g/mol. The minimum Gasteiger partial charge on any atom is -0.241 e. The van der Waals surface area contributed by atoms with Gasteiger partial charge in [-0.25, -0.2) is 21.0 Å². The van der Waals surface area contributed by atoms with E-state index in [1.807, 2.05) is 0 Å². The fourth-order valence-corrected chi connectivity index (χ4v) is 5.65. The summed E-state index contributed by atoms with van der Waals surface area (Å²) in [5.41, 5.74) is 0. The lowest BCUT2D eigenvalue weighted by atomic mass is 12.0. The van der Waals surface area contributed by atoms with Gasteiger partial charge in [-0.3, -0.25) is 0 Å². The molecule has 1 atom stereocenters. The molecule has 0 aromatic rings. The number of rotatable bonds is 3. The molecule has 0 aromatic carbocycles. The predicted molar refractivity (Wildman–Crippen MR) is 45.6 cm³/mol. The van der Waals surface area contributed by atoms with E-state index in [2.05, 4.69) is 0 Å². The molecular weight excluding hydrogens is 226 g/mol. The van der Waals surface area contributed by atoms with Gasteiger partial charge in [-0.15, -0.1) is 0 Å². The summed E-state index contributed by atoms with van der Waals surface area (Å²) in [6, 6.07) is 0. The van der Waals surface area contributed by atoms with Crippen LogP contribution in [0, 0.1) is 0 Å². The van der Waals surface area contributed by atoms with Crippen LogP contribution in [-0.2, 0) is 31.0 Å². The monoisotopic (exact) mass is 235 g/mol. The predicted octanol–water partition coefficient (Wildman–Crippen LogP) is -1.50. The van der Waals surface area contributed by atoms with Crippen LogP contribution in [0.2, 0.25) is 0 Å². The van der Waals surface area contributed by atoms with Crippen LogP contribution < -0.4 is 0 Å². The van der Waals surface area contributed by atoms with E-state index in [4.69, 9.17) is 0 Å². The molecule has 6 nitrogen and oxygen atoms in total. The van der Waals surface area contributed by atoms with Crippen LogP contribution in [0.4, 0.5) is 0 Å². The van der Waals surface area contributed by atoms with Crippen molar-refractivity contribution >= 4 is 31.0 Å². The zero-order valence-corrected chi connectivity index (χ0v) is 9.16. The summed E-state index contributed by atoms with van der Waals surface area (Å²) in [6.45, 7) is 0. The fraction of sp³-hybridized carbons (Fsp3) is 1.00. The summed E-state index contributed by atoms with van der Waals surface area (Å²) in [6.07, 6.45) is 2.33. The van der Waals surface area contributed by atoms with Gasteiger partial charge < -0.3 is 0 Å². The number of hydrogen-bond acceptors (Lipinski definition) is 5. The highest BCUT2D eigenvalue weighted by molar-refractivity contribution is 8.15. The van der Waals surface area contributed by atoms with E-state index >= 15 is 0 Å². The van der Waals surface area contributed by atoms with Crippen molar-refractivity contribution in [1.29, 1.82) is 0 Å². The van der Waals surface area contributed by atoms with Crippen molar-refractivity contribution < 1.29 is 21.0 Å². The van der Waals surface area contributed by atoms with E-state index < -0.39 is 31.0 Å². The van der Waals surface area contributed by atoms with E-state index in [-0.39, 0.29) is 3.12 Å². The smallest absolute Gasteiger partial charge is 0.235 e. The van der Waals surface area contributed by atoms with Gasteiger partial charge >= 0.3 is 0 Å². The molecule has 0 spiro atoms. The summed E-state index contributed by atoms with van der Waals surface area (Å²) in [4.78, 5) is 0. The fourth-order valence-electron chi connectivity index (χ4n) is 0.627. The Labute approximate surface area is 74.3 Å². The van der Waals surface area contributed by atoms with E-state index in [0.717, 1.165) is 6.26 Å². The van der Waals surface area contributed by atoms with Crippen LogP contribution in [-0.4, -0.2) is 42.9 Å². The Morgan fingerprint density at radius 2 is 1.25 bits per heavy atom. The van der Waals surface area contributed by atoms with E-state index in [0.29, 0.717) is 12.5 Å². The van der Waals surface area contributed by atoms with Gasteiger partial charge in [0.1, 0.15) is 11.0 Å². The zero-order valence-electron chi connectivity index (χ0n) is 6.71. The third-order valence-electron chi connectivity index (χ3n) is 0.752. The van der Waals surface area contributed by atoms with Crippen LogP contribution >= 0.6 is 0 Å². The second-order valence-electron chi connectivity index (χ2n) is 2.11. The third-order valence-corrected chi connectivity index (χ3v) is 6.76. The molecule has 12 heavy (non-hydrogen) atoms. The lowest BCUT2D eigenvalue weighted by molar-refractivity contribution is 0.557. The van der Waals surface area contributed by atoms with Crippen molar-refractivity contribution in [3.8, 4) is 0 Å². The first-order valence-electron chi connectivity index (χ1n) is 2.61. The molecule has 0 aliphatic rings. The molecule has 0 rings (SSSR count). The standard InChI is InChI=1S/C3H9NO5S3/c1-10(5)4(11(2,6)7)12(3,8)9/h1-3H3. The second kappa shape index (κ2) is 3.40. The van der Waals surface area contributed by atoms with Crippen molar-refractivity contribution in [3.05, 3.63) is 0 Å². The number of hydrogen-bond donors (Lipinski definition) is 0. The molecule has 0 bridgehead atoms. The van der Waals surface area contributed by atoms with Crippen LogP contribution in [0.1, 0.15) is 0 Å². The number of nitrogens with zero attached hydrogens (tertiary/aromatic N) is 1. The molecule has 0 heterocycles. The van der Waals surface area contributed by atoms with Gasteiger partial charge in [-0.2, -0.15) is 0 Å². The lowest BCUT2D eigenvalue weighted by Gasteiger charge is -2.12. The maximum Gasteiger partial charge on any atom is 0.235 e. The molecular formula is C3H9NO5S3. The van der Waals surface area contributed by atoms with Crippen molar-refractivity contribution in [2.24, 2.45) is 0 Å². The number of sulfonamides is 2. The molecule has 0 radical (unpaired) electrons. The van der Waals surface area contributed by atoms with E-state index in [1.54, 1.807) is 0 Å². The quantitative estimate of drug-likeness (QED) is 0.594. The van der Waals surface area contributed by atoms with Crippen molar-refractivity contribution in [2.45, 2.75) is 0 Å². The second-order valence-corrected chi connectivity index (χ2v) is 7.68. The normalized spacial score (nSPS) is 16.3. The Kier molecular flexibility index (Phi) is 3.40. The van der Waals surface area contributed by atoms with Gasteiger partial charge in [0, 0.05) is 6.26 Å². The van der Waals surface area contributed by atoms with Crippen molar-refractivity contribution in [1.82, 2.24) is 3.12 Å². The van der Waals surface area contributed by atoms with Crippen LogP contribution in [0.3, 0.4) is 0 Å². The van der Waals surface area contributed by atoms with Gasteiger partial charge in [0.15, 0.2) is 0 Å². The SMILES string of the molecule is CS(=O)N(S(C)(=O)=O)S(C)(=O)=O. The third kappa shape index (κ3) is 3.17. The average Bonchev–Trinajstić information content (AvgIpc) is 1.49. The molecule has 0 aliphatic carbocycles. The van der Waals surface area contributed by atoms with Gasteiger partial charge in [0.25, 0.3) is 0 Å². The molecule has 0 N–H and O–H groups in total. The summed E-state index contributed by atoms with van der Waals surface area (Å²) in [7, 11) is -10.0. The summed E-state index contributed by atoms with van der Waals surface area (Å²) in [5, 5.41) is 0. The first-order chi connectivity index (χ1) is 5.07. The molecule has 1 unspecified atom stereocenters. The summed E-state index contributed by atoms with van der Waals surface area (Å²) in [5.74, 6) is 0. The Morgan fingerprint density at radius 1 is 1.00 bits per heavy atom. The lowest BCUT2D eigenvalue weighted by Crippen LogP contribution is -2.36. The summed E-state index contributed by atoms with van der Waals surface area (Å²) >= 11 is 0. The molecule has 0 amide bonds. The molecule has 74 valence electrons. The van der Waals surface area contributed by atoms with E-state index in [1.165, 1.54) is 0 Å². The van der Waals surface area contributed by atoms with Crippen molar-refractivity contribution in [2.75, 3.05) is 18.8 Å². The Morgan fingerprint density at radius 3 is 1.25 bits per heavy atom. The minimum absolute atomic E-state index is 0.0417. The van der Waals surface area contributed by atoms with E-state index in [9.17, 15) is 21.0 Å². The van der Waals surface area contributed by atoms with Gasteiger partial charge in [0.05, 0.1) is 12.5 Å². The van der Waals surface area contributed by atoms with Gasteiger partial charge in [0.2, 0.25) is 20.0 Å². The zero-order chi connectivity index (χ0) is 10.2. The van der Waals surface area contributed by atoms with Crippen LogP contribution in [0.5, 0.6) is 0 Å². The Bertz CT molecular complexity index is 346. The first kappa shape index (κ1) is 12.0. The topological polar surface area (TPSA) is 88.6 Å². The molecule has 0 saturated heterocycles. The van der Waals surface area contributed by atoms with Crippen LogP contribution in [0.15, 0.2) is 0 Å². The Balaban J connectivity index is 5.42. The van der Waals surface area contributed by atoms with Gasteiger partial charge in [-0.05, 0) is 3.12 Å². The molecule has 0 saturated carbocycles. The molecule has 0 aromatic heterocycles. The van der Waals surface area contributed by atoms with Crippen molar-refractivity contribution in [3.63, 3.8) is 0 Å². The molecule has 0 fully saturated rings. The molecule has 0 aliphatic heterocycles. The van der Waals surface area contributed by atoms with Crippen LogP contribution in [0.25, 0.3) is 0 Å². The maximum absolute atomic E-state index is 10.8. The highest BCUT2D eigenvalue weighted by Crippen LogP contribution is 2.06. The first-order valence-corrected chi connectivity index (χ1v) is 7.82. The largest absolute Gasteiger partial charge is 0.241 e. The minimum atomic E-state index is -3.98. The van der Waals surface area contributed by atoms with Gasteiger partial charge in [-0.1, -0.05) is 0 Å². The maximum atomic E-state index is 10.8. The molecule has 9 heteroatoms.